The Morgan fingerprint density at radius 3 is 2.57 bits per heavy atom. The van der Waals surface area contributed by atoms with Crippen molar-refractivity contribution in [2.24, 2.45) is 0 Å². The summed E-state index contributed by atoms with van der Waals surface area (Å²) in [4.78, 5) is 10.7. The van der Waals surface area contributed by atoms with Crippen LogP contribution in [0.4, 0.5) is 13.2 Å². The van der Waals surface area contributed by atoms with Crippen molar-refractivity contribution in [2.75, 3.05) is 33.4 Å². The maximum Gasteiger partial charge on any atom is 0.405 e. The Labute approximate surface area is 79.8 Å². The number of hydrogen-bond donors (Lipinski definition) is 2. The molecule has 0 heterocycles. The highest BCUT2D eigenvalue weighted by Gasteiger charge is 2.27. The van der Waals surface area contributed by atoms with Crippen molar-refractivity contribution in [3.63, 3.8) is 0 Å². The molecule has 0 rings (SSSR count). The summed E-state index contributed by atoms with van der Waals surface area (Å²) in [5, 5.41) is 4.35. The van der Waals surface area contributed by atoms with Crippen LogP contribution in [0.1, 0.15) is 0 Å². The Morgan fingerprint density at radius 1 is 1.43 bits per heavy atom. The van der Waals surface area contributed by atoms with Gasteiger partial charge in [0.05, 0.1) is 13.2 Å². The molecule has 0 unspecified atom stereocenters. The minimum Gasteiger partial charge on any atom is -0.383 e. The van der Waals surface area contributed by atoms with E-state index in [1.807, 2.05) is 0 Å². The molecule has 84 valence electrons. The standard InChI is InChI=1S/C7H13F3N2O2/c1-14-3-2-11-4-6(13)12-5-7(8,9)10/h11H,2-5H2,1H3,(H,12,13). The normalized spacial score (nSPS) is 11.4. The maximum atomic E-state index is 11.6. The molecule has 0 bridgehead atoms. The molecule has 7 heteroatoms. The van der Waals surface area contributed by atoms with Gasteiger partial charge < -0.3 is 15.4 Å². The van der Waals surface area contributed by atoms with E-state index < -0.39 is 18.6 Å². The molecule has 0 spiro atoms. The van der Waals surface area contributed by atoms with Gasteiger partial charge in [-0.25, -0.2) is 0 Å². The molecule has 0 aromatic rings. The highest BCUT2D eigenvalue weighted by molar-refractivity contribution is 5.77. The van der Waals surface area contributed by atoms with Gasteiger partial charge >= 0.3 is 6.18 Å². The Balaban J connectivity index is 3.38. The van der Waals surface area contributed by atoms with E-state index in [0.717, 1.165) is 0 Å². The summed E-state index contributed by atoms with van der Waals surface area (Å²) >= 11 is 0. The van der Waals surface area contributed by atoms with Crippen LogP contribution in [-0.2, 0) is 9.53 Å². The molecule has 0 fully saturated rings. The first-order valence-corrected chi connectivity index (χ1v) is 3.99. The smallest absolute Gasteiger partial charge is 0.383 e. The molecule has 0 saturated heterocycles. The third-order valence-corrected chi connectivity index (χ3v) is 1.25. The lowest BCUT2D eigenvalue weighted by Crippen LogP contribution is -2.39. The van der Waals surface area contributed by atoms with E-state index in [9.17, 15) is 18.0 Å². The van der Waals surface area contributed by atoms with E-state index in [-0.39, 0.29) is 6.54 Å². The zero-order valence-electron chi connectivity index (χ0n) is 7.78. The number of ether oxygens (including phenoxy) is 1. The number of methoxy groups -OCH3 is 1. The first-order valence-electron chi connectivity index (χ1n) is 3.99. The molecule has 1 amide bonds. The third kappa shape index (κ3) is 9.27. The average Bonchev–Trinajstić information content (AvgIpc) is 2.08. The van der Waals surface area contributed by atoms with Crippen molar-refractivity contribution in [3.8, 4) is 0 Å². The van der Waals surface area contributed by atoms with Crippen molar-refractivity contribution < 1.29 is 22.7 Å². The van der Waals surface area contributed by atoms with Crippen LogP contribution in [0.25, 0.3) is 0 Å². The van der Waals surface area contributed by atoms with Crippen LogP contribution >= 0.6 is 0 Å². The lowest BCUT2D eigenvalue weighted by Gasteiger charge is -2.08. The van der Waals surface area contributed by atoms with Gasteiger partial charge in [0.1, 0.15) is 6.54 Å². The van der Waals surface area contributed by atoms with E-state index in [1.54, 1.807) is 5.32 Å². The number of nitrogens with one attached hydrogen (secondary N) is 2. The minimum atomic E-state index is -4.36. The molecule has 0 aliphatic carbocycles. The Hall–Kier alpha value is -0.820. The molecule has 0 radical (unpaired) electrons. The second kappa shape index (κ2) is 6.61. The minimum absolute atomic E-state index is 0.139. The summed E-state index contributed by atoms with van der Waals surface area (Å²) in [7, 11) is 1.49. The van der Waals surface area contributed by atoms with Crippen molar-refractivity contribution in [2.45, 2.75) is 6.18 Å². The Kier molecular flexibility index (Phi) is 6.22. The number of halogens is 3. The first kappa shape index (κ1) is 13.2. The van der Waals surface area contributed by atoms with Crippen molar-refractivity contribution >= 4 is 5.91 Å². The number of amides is 1. The fraction of sp³-hybridized carbons (Fsp3) is 0.857. The fourth-order valence-electron chi connectivity index (χ4n) is 0.637. The molecular formula is C7H13F3N2O2. The van der Waals surface area contributed by atoms with Gasteiger partial charge in [0.25, 0.3) is 0 Å². The number of rotatable bonds is 6. The molecule has 0 saturated carbocycles. The number of hydrogen-bond acceptors (Lipinski definition) is 3. The van der Waals surface area contributed by atoms with Crippen LogP contribution < -0.4 is 10.6 Å². The fourth-order valence-corrected chi connectivity index (χ4v) is 0.637. The molecule has 2 N–H and O–H groups in total. The molecule has 0 aromatic heterocycles. The average molecular weight is 214 g/mol. The van der Waals surface area contributed by atoms with Crippen LogP contribution in [0.2, 0.25) is 0 Å². The van der Waals surface area contributed by atoms with Gasteiger partial charge in [-0.05, 0) is 0 Å². The summed E-state index contributed by atoms with van der Waals surface area (Å²) in [5.41, 5.74) is 0. The van der Waals surface area contributed by atoms with Gasteiger partial charge in [0.15, 0.2) is 0 Å². The molecule has 0 aromatic carbocycles. The summed E-state index contributed by atoms with van der Waals surface area (Å²) in [6.07, 6.45) is -4.36. The molecule has 0 aliphatic rings. The lowest BCUT2D eigenvalue weighted by atomic mass is 10.5. The monoisotopic (exact) mass is 214 g/mol. The summed E-state index contributed by atoms with van der Waals surface area (Å²) in [6.45, 7) is -0.598. The predicted octanol–water partition coefficient (Wildman–Crippen LogP) is -0.0991. The van der Waals surface area contributed by atoms with Crippen LogP contribution in [0.15, 0.2) is 0 Å². The molecular weight excluding hydrogens is 201 g/mol. The van der Waals surface area contributed by atoms with Gasteiger partial charge in [0.2, 0.25) is 5.91 Å². The number of alkyl halides is 3. The first-order chi connectivity index (χ1) is 6.45. The SMILES string of the molecule is COCCNCC(=O)NCC(F)(F)F. The van der Waals surface area contributed by atoms with Gasteiger partial charge in [0, 0.05) is 13.7 Å². The summed E-state index contributed by atoms with van der Waals surface area (Å²) in [5.74, 6) is -0.682. The third-order valence-electron chi connectivity index (χ3n) is 1.25. The zero-order valence-corrected chi connectivity index (χ0v) is 7.78. The van der Waals surface area contributed by atoms with E-state index in [1.165, 1.54) is 7.11 Å². The summed E-state index contributed by atoms with van der Waals surface area (Å²) in [6, 6.07) is 0. The van der Waals surface area contributed by atoms with Gasteiger partial charge in [-0.2, -0.15) is 13.2 Å². The van der Waals surface area contributed by atoms with Crippen LogP contribution in [-0.4, -0.2) is 45.4 Å². The Bertz CT molecular complexity index is 173. The van der Waals surface area contributed by atoms with Crippen molar-refractivity contribution in [1.82, 2.24) is 10.6 Å². The van der Waals surface area contributed by atoms with E-state index in [2.05, 4.69) is 10.1 Å². The molecule has 4 nitrogen and oxygen atoms in total. The molecule has 0 atom stereocenters. The second-order valence-electron chi connectivity index (χ2n) is 2.56. The maximum absolute atomic E-state index is 11.6. The van der Waals surface area contributed by atoms with Gasteiger partial charge in [-0.15, -0.1) is 0 Å². The van der Waals surface area contributed by atoms with Crippen LogP contribution in [0, 0.1) is 0 Å². The summed E-state index contributed by atoms with van der Waals surface area (Å²) < 4.78 is 39.5. The number of carbonyl (C=O) groups excluding carboxylic acids is 1. The topological polar surface area (TPSA) is 50.4 Å². The van der Waals surface area contributed by atoms with E-state index in [0.29, 0.717) is 13.2 Å². The quantitative estimate of drug-likeness (QED) is 0.607. The molecule has 14 heavy (non-hydrogen) atoms. The number of carbonyl (C=O) groups is 1. The Morgan fingerprint density at radius 2 is 2.07 bits per heavy atom. The van der Waals surface area contributed by atoms with Crippen molar-refractivity contribution in [3.05, 3.63) is 0 Å². The van der Waals surface area contributed by atoms with E-state index >= 15 is 0 Å². The highest BCUT2D eigenvalue weighted by atomic mass is 19.4. The van der Waals surface area contributed by atoms with Gasteiger partial charge in [-0.3, -0.25) is 4.79 Å². The van der Waals surface area contributed by atoms with E-state index in [4.69, 9.17) is 0 Å². The second-order valence-corrected chi connectivity index (χ2v) is 2.56. The predicted molar refractivity (Wildman–Crippen MR) is 43.8 cm³/mol. The molecule has 0 aliphatic heterocycles. The zero-order chi connectivity index (χ0) is 11.0. The highest BCUT2D eigenvalue weighted by Crippen LogP contribution is 2.11. The van der Waals surface area contributed by atoms with Crippen molar-refractivity contribution in [1.29, 1.82) is 0 Å². The van der Waals surface area contributed by atoms with Crippen LogP contribution in [0.5, 0.6) is 0 Å². The van der Waals surface area contributed by atoms with Gasteiger partial charge in [-0.1, -0.05) is 0 Å². The lowest BCUT2D eigenvalue weighted by molar-refractivity contribution is -0.137. The largest absolute Gasteiger partial charge is 0.405 e. The van der Waals surface area contributed by atoms with Crippen LogP contribution in [0.3, 0.4) is 0 Å².